The minimum atomic E-state index is -0.979. The van der Waals surface area contributed by atoms with E-state index in [1.807, 2.05) is 116 Å². The van der Waals surface area contributed by atoms with Gasteiger partial charge in [-0.1, -0.05) is 84.9 Å². The molecule has 1 N–H and O–H groups in total. The van der Waals surface area contributed by atoms with E-state index in [2.05, 4.69) is 0 Å². The molecule has 4 rings (SSSR count). The van der Waals surface area contributed by atoms with Crippen LogP contribution in [0.1, 0.15) is 45.2 Å². The minimum absolute atomic E-state index is 0.0509. The lowest BCUT2D eigenvalue weighted by atomic mass is 9.93. The number of carbonyl (C=O) groups is 3. The van der Waals surface area contributed by atoms with Gasteiger partial charge in [-0.2, -0.15) is 0 Å². The number of hydrogen-bond donors (Lipinski definition) is 1. The van der Waals surface area contributed by atoms with Crippen molar-refractivity contribution in [3.8, 4) is 16.9 Å². The van der Waals surface area contributed by atoms with E-state index in [-0.39, 0.29) is 24.8 Å². The van der Waals surface area contributed by atoms with Crippen molar-refractivity contribution in [2.24, 2.45) is 0 Å². The van der Waals surface area contributed by atoms with Crippen LogP contribution in [-0.2, 0) is 17.8 Å². The maximum Gasteiger partial charge on any atom is 0.305 e. The molecule has 0 aliphatic rings. The smallest absolute Gasteiger partial charge is 0.305 e. The van der Waals surface area contributed by atoms with Gasteiger partial charge in [0, 0.05) is 43.9 Å². The molecule has 8 heteroatoms. The van der Waals surface area contributed by atoms with E-state index >= 15 is 0 Å². The lowest BCUT2D eigenvalue weighted by molar-refractivity contribution is -0.137. The van der Waals surface area contributed by atoms with E-state index in [1.54, 1.807) is 23.1 Å². The number of para-hydroxylation sites is 1. The molecule has 0 aromatic heterocycles. The zero-order chi connectivity index (χ0) is 32.9. The fourth-order valence-corrected chi connectivity index (χ4v) is 5.33. The summed E-state index contributed by atoms with van der Waals surface area (Å²) in [6.07, 6.45) is 0.315. The Morgan fingerprint density at radius 3 is 1.83 bits per heavy atom. The van der Waals surface area contributed by atoms with Crippen molar-refractivity contribution in [1.29, 1.82) is 0 Å². The molecular formula is C38H43N3O5. The first-order valence-corrected chi connectivity index (χ1v) is 15.7. The molecule has 0 radical (unpaired) electrons. The Bertz CT molecular complexity index is 1600. The van der Waals surface area contributed by atoms with Crippen molar-refractivity contribution < 1.29 is 24.2 Å². The Morgan fingerprint density at radius 2 is 1.22 bits per heavy atom. The average Bonchev–Trinajstić information content (AvgIpc) is 3.07. The number of carboxylic acids is 1. The maximum absolute atomic E-state index is 14.2. The van der Waals surface area contributed by atoms with E-state index in [1.165, 1.54) is 0 Å². The zero-order valence-electron chi connectivity index (χ0n) is 26.9. The monoisotopic (exact) mass is 621 g/mol. The maximum atomic E-state index is 14.2. The van der Waals surface area contributed by atoms with E-state index in [0.717, 1.165) is 16.9 Å². The molecule has 0 bridgehead atoms. The van der Waals surface area contributed by atoms with Crippen LogP contribution in [0.25, 0.3) is 11.1 Å². The molecule has 4 aromatic rings. The third kappa shape index (κ3) is 9.28. The second-order valence-corrected chi connectivity index (χ2v) is 11.3. The third-order valence-corrected chi connectivity index (χ3v) is 7.73. The highest BCUT2D eigenvalue weighted by atomic mass is 16.5. The molecule has 0 fully saturated rings. The lowest BCUT2D eigenvalue weighted by Gasteiger charge is -2.27. The van der Waals surface area contributed by atoms with Crippen molar-refractivity contribution >= 4 is 17.8 Å². The number of likely N-dealkylation sites (N-methyl/N-ethyl adjacent to an activating group) is 1. The van der Waals surface area contributed by atoms with E-state index in [4.69, 9.17) is 4.74 Å². The largest absolute Gasteiger partial charge is 0.494 e. The summed E-state index contributed by atoms with van der Waals surface area (Å²) in [5.74, 6) is -0.647. The Morgan fingerprint density at radius 1 is 0.652 bits per heavy atom. The van der Waals surface area contributed by atoms with Gasteiger partial charge in [0.2, 0.25) is 0 Å². The molecule has 240 valence electrons. The summed E-state index contributed by atoms with van der Waals surface area (Å²) in [5, 5.41) is 9.48. The molecule has 0 spiro atoms. The quantitative estimate of drug-likeness (QED) is 0.162. The number of carbonyl (C=O) groups excluding carboxylic acids is 2. The van der Waals surface area contributed by atoms with Crippen molar-refractivity contribution in [3.05, 3.63) is 125 Å². The van der Waals surface area contributed by atoms with Crippen LogP contribution in [0, 0.1) is 0 Å². The van der Waals surface area contributed by atoms with Crippen LogP contribution in [0.5, 0.6) is 5.75 Å². The fraction of sp³-hybridized carbons (Fsp3) is 0.289. The number of amides is 2. The molecule has 2 amide bonds. The molecule has 46 heavy (non-hydrogen) atoms. The number of aliphatic carboxylic acids is 1. The van der Waals surface area contributed by atoms with Gasteiger partial charge in [-0.05, 0) is 67.9 Å². The van der Waals surface area contributed by atoms with E-state index in [0.29, 0.717) is 61.5 Å². The van der Waals surface area contributed by atoms with Gasteiger partial charge in [-0.25, -0.2) is 0 Å². The Balaban J connectivity index is 1.68. The average molecular weight is 622 g/mol. The van der Waals surface area contributed by atoms with Crippen molar-refractivity contribution in [1.82, 2.24) is 14.7 Å². The van der Waals surface area contributed by atoms with Gasteiger partial charge in [0.15, 0.2) is 0 Å². The van der Waals surface area contributed by atoms with Crippen molar-refractivity contribution in [2.45, 2.75) is 26.3 Å². The first-order chi connectivity index (χ1) is 22.3. The number of benzene rings is 4. The molecule has 0 saturated heterocycles. The summed E-state index contributed by atoms with van der Waals surface area (Å²) in [6, 6.07) is 32.2. The number of rotatable bonds is 16. The fourth-order valence-electron chi connectivity index (χ4n) is 5.33. The first kappa shape index (κ1) is 33.9. The molecule has 0 atom stereocenters. The van der Waals surface area contributed by atoms with Crippen LogP contribution in [0.15, 0.2) is 103 Å². The highest BCUT2D eigenvalue weighted by molar-refractivity contribution is 6.06. The molecule has 0 heterocycles. The lowest BCUT2D eigenvalue weighted by Crippen LogP contribution is -2.36. The van der Waals surface area contributed by atoms with Gasteiger partial charge in [0.05, 0.1) is 13.0 Å². The van der Waals surface area contributed by atoms with Gasteiger partial charge in [-0.15, -0.1) is 0 Å². The number of hydrogen-bond acceptors (Lipinski definition) is 5. The second kappa shape index (κ2) is 16.9. The summed E-state index contributed by atoms with van der Waals surface area (Å²) in [7, 11) is 3.96. The minimum Gasteiger partial charge on any atom is -0.494 e. The highest BCUT2D eigenvalue weighted by Gasteiger charge is 2.25. The SMILES string of the molecule is CCOc1ccccc1CCN(CCC(=O)O)C(=O)c1ccccc1-c1ccccc1C(=O)N(CCN(C)C)Cc1ccccc1. The second-order valence-electron chi connectivity index (χ2n) is 11.3. The van der Waals surface area contributed by atoms with Gasteiger partial charge in [0.25, 0.3) is 11.8 Å². The number of nitrogens with zero attached hydrogens (tertiary/aromatic N) is 3. The van der Waals surface area contributed by atoms with Crippen LogP contribution < -0.4 is 4.74 Å². The molecule has 8 nitrogen and oxygen atoms in total. The molecule has 0 aliphatic heterocycles. The van der Waals surface area contributed by atoms with Gasteiger partial charge < -0.3 is 24.5 Å². The van der Waals surface area contributed by atoms with Gasteiger partial charge in [-0.3, -0.25) is 14.4 Å². The van der Waals surface area contributed by atoms with Crippen molar-refractivity contribution in [3.63, 3.8) is 0 Å². The van der Waals surface area contributed by atoms with Crippen molar-refractivity contribution in [2.75, 3.05) is 46.9 Å². The first-order valence-electron chi connectivity index (χ1n) is 15.7. The van der Waals surface area contributed by atoms with Crippen LogP contribution >= 0.6 is 0 Å². The third-order valence-electron chi connectivity index (χ3n) is 7.73. The molecule has 0 saturated carbocycles. The highest BCUT2D eigenvalue weighted by Crippen LogP contribution is 2.30. The Kier molecular flexibility index (Phi) is 12.5. The number of carboxylic acid groups (broad SMARTS) is 1. The topological polar surface area (TPSA) is 90.4 Å². The summed E-state index contributed by atoms with van der Waals surface area (Å²) < 4.78 is 5.78. The Hall–Kier alpha value is -4.95. The standard InChI is InChI=1S/C38H43N3O5/c1-4-46-35-21-13-8-16-30(35)22-24-40(25-23-36(42)43)37(44)33-19-11-9-17-31(33)32-18-10-12-20-34(32)38(45)41(27-26-39(2)3)28-29-14-6-5-7-15-29/h5-21H,4,22-28H2,1-3H3,(H,42,43). The van der Waals surface area contributed by atoms with Crippen LogP contribution in [-0.4, -0.2) is 84.5 Å². The molecule has 4 aromatic carbocycles. The predicted molar refractivity (Wildman–Crippen MR) is 181 cm³/mol. The van der Waals surface area contributed by atoms with Crippen LogP contribution in [0.2, 0.25) is 0 Å². The van der Waals surface area contributed by atoms with Gasteiger partial charge >= 0.3 is 5.97 Å². The normalized spacial score (nSPS) is 10.9. The molecule has 0 unspecified atom stereocenters. The summed E-state index contributed by atoms with van der Waals surface area (Å²) in [4.78, 5) is 45.5. The molecular weight excluding hydrogens is 578 g/mol. The summed E-state index contributed by atoms with van der Waals surface area (Å²) in [5.41, 5.74) is 4.16. The molecule has 0 aliphatic carbocycles. The van der Waals surface area contributed by atoms with E-state index in [9.17, 15) is 19.5 Å². The predicted octanol–water partition coefficient (Wildman–Crippen LogP) is 6.12. The zero-order valence-corrected chi connectivity index (χ0v) is 26.9. The number of ether oxygens (including phenoxy) is 1. The van der Waals surface area contributed by atoms with Crippen LogP contribution in [0.3, 0.4) is 0 Å². The Labute approximate surface area is 271 Å². The van der Waals surface area contributed by atoms with Crippen LogP contribution in [0.4, 0.5) is 0 Å². The van der Waals surface area contributed by atoms with E-state index < -0.39 is 5.97 Å². The summed E-state index contributed by atoms with van der Waals surface area (Å²) in [6.45, 7) is 4.47. The van der Waals surface area contributed by atoms with Gasteiger partial charge in [0.1, 0.15) is 5.75 Å². The summed E-state index contributed by atoms with van der Waals surface area (Å²) >= 11 is 0.